The SMILES string of the molecule is CC(C)CCCNCc1ccc(OCC(N)=O)cc1.Cl. The van der Waals surface area contributed by atoms with Gasteiger partial charge in [-0.15, -0.1) is 12.4 Å². The van der Waals surface area contributed by atoms with Crippen LogP contribution in [0.2, 0.25) is 0 Å². The smallest absolute Gasteiger partial charge is 0.255 e. The number of amides is 1. The molecule has 114 valence electrons. The van der Waals surface area contributed by atoms with E-state index in [2.05, 4.69) is 19.2 Å². The zero-order chi connectivity index (χ0) is 14.1. The van der Waals surface area contributed by atoms with Crippen LogP contribution in [0.1, 0.15) is 32.3 Å². The average Bonchev–Trinajstić information content (AvgIpc) is 2.37. The first-order chi connectivity index (χ1) is 9.08. The molecular weight excluding hydrogens is 276 g/mol. The topological polar surface area (TPSA) is 64.3 Å². The summed E-state index contributed by atoms with van der Waals surface area (Å²) in [5, 5.41) is 3.41. The Hall–Kier alpha value is -1.26. The van der Waals surface area contributed by atoms with Gasteiger partial charge in [-0.1, -0.05) is 26.0 Å². The van der Waals surface area contributed by atoms with Crippen LogP contribution in [0.15, 0.2) is 24.3 Å². The molecule has 0 saturated heterocycles. The van der Waals surface area contributed by atoms with Gasteiger partial charge in [0.25, 0.3) is 5.91 Å². The molecule has 0 aromatic heterocycles. The molecule has 5 heteroatoms. The number of ether oxygens (including phenoxy) is 1. The third-order valence-electron chi connectivity index (χ3n) is 2.77. The van der Waals surface area contributed by atoms with Crippen LogP contribution in [0, 0.1) is 5.92 Å². The van der Waals surface area contributed by atoms with Gasteiger partial charge in [-0.2, -0.15) is 0 Å². The van der Waals surface area contributed by atoms with Crippen molar-refractivity contribution in [2.24, 2.45) is 11.7 Å². The fourth-order valence-electron chi connectivity index (χ4n) is 1.73. The summed E-state index contributed by atoms with van der Waals surface area (Å²) in [7, 11) is 0. The third kappa shape index (κ3) is 8.77. The maximum absolute atomic E-state index is 10.6. The van der Waals surface area contributed by atoms with E-state index < -0.39 is 5.91 Å². The number of nitrogens with one attached hydrogen (secondary N) is 1. The first-order valence-electron chi connectivity index (χ1n) is 6.78. The van der Waals surface area contributed by atoms with Crippen molar-refractivity contribution in [2.45, 2.75) is 33.2 Å². The van der Waals surface area contributed by atoms with Crippen LogP contribution in [-0.2, 0) is 11.3 Å². The predicted octanol–water partition coefficient (Wildman–Crippen LogP) is 2.50. The van der Waals surface area contributed by atoms with Gasteiger partial charge in [0.2, 0.25) is 0 Å². The van der Waals surface area contributed by atoms with E-state index in [9.17, 15) is 4.79 Å². The number of benzene rings is 1. The Bertz CT molecular complexity index is 380. The standard InChI is InChI=1S/C15H24N2O2.ClH/c1-12(2)4-3-9-17-10-13-5-7-14(8-6-13)19-11-15(16)18;/h5-8,12,17H,3-4,9-11H2,1-2H3,(H2,16,18);1H. The molecule has 1 rings (SSSR count). The van der Waals surface area contributed by atoms with Crippen LogP contribution in [0.4, 0.5) is 0 Å². The molecule has 0 unspecified atom stereocenters. The van der Waals surface area contributed by atoms with Gasteiger partial charge in [0.05, 0.1) is 0 Å². The lowest BCUT2D eigenvalue weighted by Crippen LogP contribution is -2.20. The molecule has 20 heavy (non-hydrogen) atoms. The summed E-state index contributed by atoms with van der Waals surface area (Å²) in [6, 6.07) is 7.69. The van der Waals surface area contributed by atoms with Gasteiger partial charge < -0.3 is 15.8 Å². The van der Waals surface area contributed by atoms with Crippen molar-refractivity contribution in [3.63, 3.8) is 0 Å². The lowest BCUT2D eigenvalue weighted by atomic mass is 10.1. The molecule has 0 spiro atoms. The summed E-state index contributed by atoms with van der Waals surface area (Å²) in [4.78, 5) is 10.6. The Morgan fingerprint density at radius 2 is 1.95 bits per heavy atom. The van der Waals surface area contributed by atoms with E-state index in [0.29, 0.717) is 5.75 Å². The number of rotatable bonds is 9. The van der Waals surface area contributed by atoms with Crippen molar-refractivity contribution in [2.75, 3.05) is 13.2 Å². The third-order valence-corrected chi connectivity index (χ3v) is 2.77. The largest absolute Gasteiger partial charge is 0.484 e. The molecule has 4 nitrogen and oxygen atoms in total. The summed E-state index contributed by atoms with van der Waals surface area (Å²) < 4.78 is 5.20. The van der Waals surface area contributed by atoms with E-state index in [1.54, 1.807) is 0 Å². The second-order valence-electron chi connectivity index (χ2n) is 5.11. The normalized spacial score (nSPS) is 10.2. The number of primary amides is 1. The molecular formula is C15H25ClN2O2. The predicted molar refractivity (Wildman–Crippen MR) is 84.2 cm³/mol. The molecule has 0 aliphatic heterocycles. The van der Waals surface area contributed by atoms with Crippen molar-refractivity contribution in [1.82, 2.24) is 5.32 Å². The Kier molecular flexibility index (Phi) is 9.86. The zero-order valence-electron chi connectivity index (χ0n) is 12.2. The second-order valence-corrected chi connectivity index (χ2v) is 5.11. The number of halogens is 1. The van der Waals surface area contributed by atoms with Gasteiger partial charge in [0, 0.05) is 6.54 Å². The highest BCUT2D eigenvalue weighted by molar-refractivity contribution is 5.85. The molecule has 0 saturated carbocycles. The summed E-state index contributed by atoms with van der Waals surface area (Å²) in [6.07, 6.45) is 2.46. The number of carbonyl (C=O) groups excluding carboxylic acids is 1. The highest BCUT2D eigenvalue weighted by Crippen LogP contribution is 2.12. The van der Waals surface area contributed by atoms with E-state index >= 15 is 0 Å². The summed E-state index contributed by atoms with van der Waals surface area (Å²) in [6.45, 7) is 6.30. The Morgan fingerprint density at radius 3 is 2.50 bits per heavy atom. The van der Waals surface area contributed by atoms with Crippen molar-refractivity contribution < 1.29 is 9.53 Å². The minimum absolute atomic E-state index is 0. The van der Waals surface area contributed by atoms with E-state index in [0.717, 1.165) is 19.0 Å². The lowest BCUT2D eigenvalue weighted by molar-refractivity contribution is -0.119. The number of hydrogen-bond donors (Lipinski definition) is 2. The Balaban J connectivity index is 0.00000361. The maximum atomic E-state index is 10.6. The average molecular weight is 301 g/mol. The molecule has 0 aliphatic carbocycles. The molecule has 1 aromatic rings. The van der Waals surface area contributed by atoms with Crippen LogP contribution in [0.5, 0.6) is 5.75 Å². The van der Waals surface area contributed by atoms with Crippen molar-refractivity contribution in [3.8, 4) is 5.75 Å². The molecule has 3 N–H and O–H groups in total. The van der Waals surface area contributed by atoms with Gasteiger partial charge in [0.1, 0.15) is 5.75 Å². The lowest BCUT2D eigenvalue weighted by Gasteiger charge is -2.08. The minimum Gasteiger partial charge on any atom is -0.484 e. The maximum Gasteiger partial charge on any atom is 0.255 e. The molecule has 0 heterocycles. The van der Waals surface area contributed by atoms with Crippen molar-refractivity contribution in [1.29, 1.82) is 0 Å². The van der Waals surface area contributed by atoms with Crippen LogP contribution in [0.25, 0.3) is 0 Å². The molecule has 0 fully saturated rings. The zero-order valence-corrected chi connectivity index (χ0v) is 13.0. The molecule has 0 aliphatic rings. The first-order valence-corrected chi connectivity index (χ1v) is 6.78. The number of nitrogens with two attached hydrogens (primary N) is 1. The summed E-state index contributed by atoms with van der Waals surface area (Å²) in [5.74, 6) is 0.974. The monoisotopic (exact) mass is 300 g/mol. The Labute approximate surface area is 127 Å². The highest BCUT2D eigenvalue weighted by Gasteiger charge is 1.98. The van der Waals surface area contributed by atoms with Gasteiger partial charge >= 0.3 is 0 Å². The highest BCUT2D eigenvalue weighted by atomic mass is 35.5. The Morgan fingerprint density at radius 1 is 1.30 bits per heavy atom. The fourth-order valence-corrected chi connectivity index (χ4v) is 1.73. The van der Waals surface area contributed by atoms with E-state index in [1.165, 1.54) is 18.4 Å². The van der Waals surface area contributed by atoms with Gasteiger partial charge in [-0.25, -0.2) is 0 Å². The van der Waals surface area contributed by atoms with Crippen LogP contribution >= 0.6 is 12.4 Å². The van der Waals surface area contributed by atoms with Crippen molar-refractivity contribution >= 4 is 18.3 Å². The van der Waals surface area contributed by atoms with E-state index in [-0.39, 0.29) is 19.0 Å². The molecule has 1 aromatic carbocycles. The van der Waals surface area contributed by atoms with Crippen LogP contribution in [-0.4, -0.2) is 19.1 Å². The van der Waals surface area contributed by atoms with Gasteiger partial charge in [-0.05, 0) is 43.0 Å². The van der Waals surface area contributed by atoms with E-state index in [1.807, 2.05) is 24.3 Å². The van der Waals surface area contributed by atoms with Gasteiger partial charge in [0.15, 0.2) is 6.61 Å². The number of carbonyl (C=O) groups is 1. The minimum atomic E-state index is -0.462. The quantitative estimate of drug-likeness (QED) is 0.689. The summed E-state index contributed by atoms with van der Waals surface area (Å²) >= 11 is 0. The molecule has 1 amide bonds. The van der Waals surface area contributed by atoms with E-state index in [4.69, 9.17) is 10.5 Å². The fraction of sp³-hybridized carbons (Fsp3) is 0.533. The van der Waals surface area contributed by atoms with Gasteiger partial charge in [-0.3, -0.25) is 4.79 Å². The van der Waals surface area contributed by atoms with Crippen LogP contribution < -0.4 is 15.8 Å². The first kappa shape index (κ1) is 18.7. The molecule has 0 atom stereocenters. The second kappa shape index (κ2) is 10.5. The number of hydrogen-bond acceptors (Lipinski definition) is 3. The summed E-state index contributed by atoms with van der Waals surface area (Å²) in [5.41, 5.74) is 6.22. The molecule has 0 radical (unpaired) electrons. The molecule has 0 bridgehead atoms. The van der Waals surface area contributed by atoms with Crippen molar-refractivity contribution in [3.05, 3.63) is 29.8 Å². The van der Waals surface area contributed by atoms with Crippen LogP contribution in [0.3, 0.4) is 0 Å².